The molecule has 1 aromatic carbocycles. The molecule has 0 aliphatic carbocycles. The first-order valence-corrected chi connectivity index (χ1v) is 5.52. The van der Waals surface area contributed by atoms with Gasteiger partial charge in [0.2, 0.25) is 5.88 Å². The fourth-order valence-electron chi connectivity index (χ4n) is 1.66. The van der Waals surface area contributed by atoms with E-state index in [1.54, 1.807) is 0 Å². The number of para-hydroxylation sites is 1. The minimum atomic E-state index is -4.89. The average Bonchev–Trinajstić information content (AvgIpc) is 2.78. The van der Waals surface area contributed by atoms with E-state index >= 15 is 0 Å². The number of carbonyl (C=O) groups is 1. The predicted octanol–water partition coefficient (Wildman–Crippen LogP) is 2.61. The number of esters is 1. The molecule has 2 rings (SSSR count). The van der Waals surface area contributed by atoms with Gasteiger partial charge in [-0.1, -0.05) is 17.3 Å². The van der Waals surface area contributed by atoms with E-state index in [0.717, 1.165) is 13.2 Å². The van der Waals surface area contributed by atoms with Gasteiger partial charge in [-0.2, -0.15) is 0 Å². The van der Waals surface area contributed by atoms with Crippen LogP contribution in [0.25, 0.3) is 11.3 Å². The van der Waals surface area contributed by atoms with Crippen LogP contribution in [0.3, 0.4) is 0 Å². The number of aromatic nitrogens is 1. The molecule has 1 heterocycles. The first-order valence-electron chi connectivity index (χ1n) is 5.52. The van der Waals surface area contributed by atoms with Crippen molar-refractivity contribution in [2.75, 3.05) is 12.8 Å². The van der Waals surface area contributed by atoms with Gasteiger partial charge < -0.3 is 19.7 Å². The SMILES string of the molecule is COC(=O)c1c(-c2ccccc2OC(F)(F)F)noc1N. The predicted molar refractivity (Wildman–Crippen MR) is 64.4 cm³/mol. The standard InChI is InChI=1S/C12H9F3N2O4/c1-19-11(18)8-9(17-21-10(8)16)6-4-2-3-5-7(6)20-12(13,14)15/h2-5H,16H2,1H3. The number of halogens is 3. The van der Waals surface area contributed by atoms with Crippen molar-refractivity contribution < 1.29 is 32.0 Å². The van der Waals surface area contributed by atoms with Crippen LogP contribution in [0.4, 0.5) is 19.1 Å². The second-order valence-corrected chi connectivity index (χ2v) is 3.81. The number of rotatable bonds is 3. The van der Waals surface area contributed by atoms with Crippen LogP contribution in [0.15, 0.2) is 28.8 Å². The van der Waals surface area contributed by atoms with Gasteiger partial charge in [-0.25, -0.2) is 4.79 Å². The molecule has 0 saturated heterocycles. The highest BCUT2D eigenvalue weighted by molar-refractivity contribution is 6.00. The Morgan fingerprint density at radius 1 is 1.33 bits per heavy atom. The van der Waals surface area contributed by atoms with E-state index in [1.807, 2.05) is 0 Å². The van der Waals surface area contributed by atoms with Crippen molar-refractivity contribution in [2.24, 2.45) is 0 Å². The smallest absolute Gasteiger partial charge is 0.465 e. The van der Waals surface area contributed by atoms with Gasteiger partial charge in [0, 0.05) is 5.56 Å². The van der Waals surface area contributed by atoms with E-state index in [4.69, 9.17) is 5.73 Å². The van der Waals surface area contributed by atoms with E-state index in [0.29, 0.717) is 0 Å². The minimum absolute atomic E-state index is 0.101. The number of alkyl halides is 3. The van der Waals surface area contributed by atoms with E-state index in [9.17, 15) is 18.0 Å². The van der Waals surface area contributed by atoms with Crippen molar-refractivity contribution >= 4 is 11.9 Å². The molecule has 0 atom stereocenters. The fraction of sp³-hybridized carbons (Fsp3) is 0.167. The third-order valence-electron chi connectivity index (χ3n) is 2.48. The molecule has 112 valence electrons. The van der Waals surface area contributed by atoms with E-state index in [-0.39, 0.29) is 22.7 Å². The summed E-state index contributed by atoms with van der Waals surface area (Å²) in [4.78, 5) is 11.6. The second kappa shape index (κ2) is 5.35. The number of nitrogen functional groups attached to an aromatic ring is 1. The highest BCUT2D eigenvalue weighted by Crippen LogP contribution is 2.36. The van der Waals surface area contributed by atoms with Crippen molar-refractivity contribution in [3.8, 4) is 17.0 Å². The number of ether oxygens (including phenoxy) is 2. The largest absolute Gasteiger partial charge is 0.573 e. The van der Waals surface area contributed by atoms with Gasteiger partial charge >= 0.3 is 12.3 Å². The first kappa shape index (κ1) is 14.7. The van der Waals surface area contributed by atoms with E-state index in [1.165, 1.54) is 18.2 Å². The lowest BCUT2D eigenvalue weighted by atomic mass is 10.1. The molecule has 0 radical (unpaired) electrons. The Morgan fingerprint density at radius 2 is 2.00 bits per heavy atom. The summed E-state index contributed by atoms with van der Waals surface area (Å²) in [5.41, 5.74) is 4.88. The molecule has 9 heteroatoms. The molecule has 0 amide bonds. The van der Waals surface area contributed by atoms with Crippen LogP contribution < -0.4 is 10.5 Å². The van der Waals surface area contributed by atoms with E-state index < -0.39 is 18.1 Å². The van der Waals surface area contributed by atoms with Crippen molar-refractivity contribution in [1.82, 2.24) is 5.16 Å². The highest BCUT2D eigenvalue weighted by Gasteiger charge is 2.33. The van der Waals surface area contributed by atoms with Gasteiger partial charge in [-0.3, -0.25) is 0 Å². The van der Waals surface area contributed by atoms with Crippen LogP contribution in [0.5, 0.6) is 5.75 Å². The summed E-state index contributed by atoms with van der Waals surface area (Å²) in [6, 6.07) is 5.15. The van der Waals surface area contributed by atoms with Crippen LogP contribution in [-0.4, -0.2) is 24.6 Å². The number of nitrogens with zero attached hydrogens (tertiary/aromatic N) is 1. The zero-order chi connectivity index (χ0) is 15.6. The number of benzene rings is 1. The van der Waals surface area contributed by atoms with Crippen LogP contribution in [0, 0.1) is 0 Å². The van der Waals surface area contributed by atoms with Gasteiger partial charge in [0.1, 0.15) is 11.4 Å². The molecule has 0 fully saturated rings. The Labute approximate surface area is 116 Å². The van der Waals surface area contributed by atoms with E-state index in [2.05, 4.69) is 19.2 Å². The number of hydrogen-bond donors (Lipinski definition) is 1. The molecular weight excluding hydrogens is 293 g/mol. The quantitative estimate of drug-likeness (QED) is 0.877. The number of hydrogen-bond acceptors (Lipinski definition) is 6. The summed E-state index contributed by atoms with van der Waals surface area (Å²) in [5.74, 6) is -1.78. The first-order chi connectivity index (χ1) is 9.83. The third-order valence-corrected chi connectivity index (χ3v) is 2.48. The molecule has 0 bridgehead atoms. The van der Waals surface area contributed by atoms with Crippen LogP contribution in [-0.2, 0) is 4.74 Å². The number of anilines is 1. The van der Waals surface area contributed by atoms with Crippen LogP contribution in [0.2, 0.25) is 0 Å². The monoisotopic (exact) mass is 302 g/mol. The summed E-state index contributed by atoms with van der Waals surface area (Å²) in [6.07, 6.45) is -4.89. The highest BCUT2D eigenvalue weighted by atomic mass is 19.4. The Bertz CT molecular complexity index is 667. The van der Waals surface area contributed by atoms with Crippen molar-refractivity contribution in [2.45, 2.75) is 6.36 Å². The fourth-order valence-corrected chi connectivity index (χ4v) is 1.66. The lowest BCUT2D eigenvalue weighted by molar-refractivity contribution is -0.274. The topological polar surface area (TPSA) is 87.6 Å². The Kier molecular flexibility index (Phi) is 3.74. The van der Waals surface area contributed by atoms with Crippen molar-refractivity contribution in [1.29, 1.82) is 0 Å². The zero-order valence-electron chi connectivity index (χ0n) is 10.6. The second-order valence-electron chi connectivity index (χ2n) is 3.81. The lowest BCUT2D eigenvalue weighted by Crippen LogP contribution is -2.17. The Balaban J connectivity index is 2.56. The van der Waals surface area contributed by atoms with Crippen LogP contribution in [0.1, 0.15) is 10.4 Å². The number of nitrogens with two attached hydrogens (primary N) is 1. The zero-order valence-corrected chi connectivity index (χ0v) is 10.6. The number of methoxy groups -OCH3 is 1. The molecular formula is C12H9F3N2O4. The average molecular weight is 302 g/mol. The number of carbonyl (C=O) groups excluding carboxylic acids is 1. The van der Waals surface area contributed by atoms with Crippen molar-refractivity contribution in [3.63, 3.8) is 0 Å². The van der Waals surface area contributed by atoms with Gasteiger partial charge in [-0.15, -0.1) is 13.2 Å². The third kappa shape index (κ3) is 3.07. The molecule has 2 N–H and O–H groups in total. The maximum Gasteiger partial charge on any atom is 0.573 e. The maximum atomic E-state index is 12.4. The molecule has 2 aromatic rings. The van der Waals surface area contributed by atoms with Crippen LogP contribution >= 0.6 is 0 Å². The molecule has 0 saturated carbocycles. The summed E-state index contributed by atoms with van der Waals surface area (Å²) < 4.78 is 50.2. The van der Waals surface area contributed by atoms with Gasteiger partial charge in [0.15, 0.2) is 5.56 Å². The summed E-state index contributed by atoms with van der Waals surface area (Å²) in [5, 5.41) is 3.50. The summed E-state index contributed by atoms with van der Waals surface area (Å²) in [6.45, 7) is 0. The van der Waals surface area contributed by atoms with Gasteiger partial charge in [-0.05, 0) is 12.1 Å². The lowest BCUT2D eigenvalue weighted by Gasteiger charge is -2.12. The molecule has 0 aliphatic heterocycles. The van der Waals surface area contributed by atoms with Gasteiger partial charge in [0.25, 0.3) is 0 Å². The summed E-state index contributed by atoms with van der Waals surface area (Å²) in [7, 11) is 1.09. The molecule has 0 unspecified atom stereocenters. The summed E-state index contributed by atoms with van der Waals surface area (Å²) >= 11 is 0. The molecule has 0 spiro atoms. The normalized spacial score (nSPS) is 11.2. The minimum Gasteiger partial charge on any atom is -0.465 e. The molecule has 1 aromatic heterocycles. The Morgan fingerprint density at radius 3 is 2.62 bits per heavy atom. The molecule has 0 aliphatic rings. The van der Waals surface area contributed by atoms with Crippen molar-refractivity contribution in [3.05, 3.63) is 29.8 Å². The molecule has 6 nitrogen and oxygen atoms in total. The van der Waals surface area contributed by atoms with Gasteiger partial charge in [0.05, 0.1) is 7.11 Å². The molecule has 21 heavy (non-hydrogen) atoms. The Hall–Kier alpha value is -2.71. The maximum absolute atomic E-state index is 12.4.